The van der Waals surface area contributed by atoms with Crippen LogP contribution in [0.15, 0.2) is 24.3 Å². The summed E-state index contributed by atoms with van der Waals surface area (Å²) in [5.74, 6) is 1.24. The second-order valence-corrected chi connectivity index (χ2v) is 4.85. The number of nitrogens with one attached hydrogen (secondary N) is 1. The van der Waals surface area contributed by atoms with Crippen molar-refractivity contribution in [3.63, 3.8) is 0 Å². The molecule has 0 unspecified atom stereocenters. The van der Waals surface area contributed by atoms with E-state index in [1.54, 1.807) is 28.9 Å². The highest BCUT2D eigenvalue weighted by Crippen LogP contribution is 2.13. The van der Waals surface area contributed by atoms with Gasteiger partial charge in [-0.15, -0.1) is 5.10 Å². The zero-order chi connectivity index (χ0) is 15.2. The highest BCUT2D eigenvalue weighted by Gasteiger charge is 2.08. The molecule has 7 nitrogen and oxygen atoms in total. The van der Waals surface area contributed by atoms with Crippen molar-refractivity contribution in [1.82, 2.24) is 25.5 Å². The minimum absolute atomic E-state index is 0.0912. The summed E-state index contributed by atoms with van der Waals surface area (Å²) >= 11 is 0. The Kier molecular flexibility index (Phi) is 4.86. The van der Waals surface area contributed by atoms with Crippen LogP contribution in [-0.2, 0) is 13.2 Å². The first kappa shape index (κ1) is 15.0. The van der Waals surface area contributed by atoms with Gasteiger partial charge in [0.25, 0.3) is 5.91 Å². The van der Waals surface area contributed by atoms with Gasteiger partial charge in [0.15, 0.2) is 5.82 Å². The number of carbonyl (C=O) groups is 1. The van der Waals surface area contributed by atoms with E-state index in [0.29, 0.717) is 30.3 Å². The molecule has 0 aliphatic heterocycles. The van der Waals surface area contributed by atoms with Gasteiger partial charge in [-0.3, -0.25) is 4.79 Å². The van der Waals surface area contributed by atoms with Crippen molar-refractivity contribution in [3.05, 3.63) is 35.7 Å². The highest BCUT2D eigenvalue weighted by atomic mass is 16.5. The van der Waals surface area contributed by atoms with Gasteiger partial charge in [-0.05, 0) is 55.5 Å². The molecule has 2 rings (SSSR count). The molecular formula is C14H19N5O2. The van der Waals surface area contributed by atoms with E-state index in [4.69, 9.17) is 4.74 Å². The minimum atomic E-state index is -0.0912. The predicted molar refractivity (Wildman–Crippen MR) is 76.9 cm³/mol. The van der Waals surface area contributed by atoms with Crippen LogP contribution in [0.25, 0.3) is 0 Å². The van der Waals surface area contributed by atoms with Gasteiger partial charge in [0.05, 0.1) is 0 Å². The second kappa shape index (κ2) is 6.83. The minimum Gasteiger partial charge on any atom is -0.486 e. The number of carbonyl (C=O) groups excluding carboxylic acids is 1. The van der Waals surface area contributed by atoms with Crippen LogP contribution in [0.2, 0.25) is 0 Å². The van der Waals surface area contributed by atoms with Crippen molar-refractivity contribution >= 4 is 5.91 Å². The fourth-order valence-corrected chi connectivity index (χ4v) is 1.77. The summed E-state index contributed by atoms with van der Waals surface area (Å²) in [6, 6.07) is 7.09. The van der Waals surface area contributed by atoms with E-state index in [1.807, 2.05) is 20.8 Å². The molecule has 1 amide bonds. The molecule has 7 heteroatoms. The molecule has 0 bridgehead atoms. The first-order valence-electron chi connectivity index (χ1n) is 6.89. The second-order valence-electron chi connectivity index (χ2n) is 4.85. The Labute approximate surface area is 123 Å². The fraction of sp³-hybridized carbons (Fsp3) is 0.429. The summed E-state index contributed by atoms with van der Waals surface area (Å²) in [6.07, 6.45) is 0. The molecule has 1 aromatic heterocycles. The van der Waals surface area contributed by atoms with Crippen molar-refractivity contribution in [3.8, 4) is 5.75 Å². The number of rotatable bonds is 6. The maximum Gasteiger partial charge on any atom is 0.251 e. The Balaban J connectivity index is 1.95. The Morgan fingerprint density at radius 3 is 2.67 bits per heavy atom. The lowest BCUT2D eigenvalue weighted by Gasteiger charge is -2.09. The number of aryl methyl sites for hydroxylation is 1. The van der Waals surface area contributed by atoms with E-state index < -0.39 is 0 Å². The van der Waals surface area contributed by atoms with Crippen LogP contribution in [-0.4, -0.2) is 32.2 Å². The molecular weight excluding hydrogens is 270 g/mol. The van der Waals surface area contributed by atoms with E-state index >= 15 is 0 Å². The van der Waals surface area contributed by atoms with E-state index in [2.05, 4.69) is 20.8 Å². The topological polar surface area (TPSA) is 81.9 Å². The average molecular weight is 289 g/mol. The number of tetrazole rings is 1. The largest absolute Gasteiger partial charge is 0.486 e. The van der Waals surface area contributed by atoms with Crippen molar-refractivity contribution in [2.24, 2.45) is 0 Å². The van der Waals surface area contributed by atoms with Crippen LogP contribution >= 0.6 is 0 Å². The summed E-state index contributed by atoms with van der Waals surface area (Å²) in [4.78, 5) is 11.8. The molecule has 0 saturated heterocycles. The molecule has 0 saturated carbocycles. The van der Waals surface area contributed by atoms with Gasteiger partial charge in [-0.25, -0.2) is 4.68 Å². The summed E-state index contributed by atoms with van der Waals surface area (Å²) in [7, 11) is 0. The van der Waals surface area contributed by atoms with Crippen LogP contribution in [0.1, 0.15) is 37.0 Å². The van der Waals surface area contributed by atoms with E-state index in [0.717, 1.165) is 0 Å². The van der Waals surface area contributed by atoms with Crippen LogP contribution in [0.5, 0.6) is 5.75 Å². The third kappa shape index (κ3) is 4.01. The first-order chi connectivity index (χ1) is 10.1. The van der Waals surface area contributed by atoms with Crippen LogP contribution < -0.4 is 10.1 Å². The first-order valence-corrected chi connectivity index (χ1v) is 6.89. The number of amides is 1. The smallest absolute Gasteiger partial charge is 0.251 e. The molecule has 21 heavy (non-hydrogen) atoms. The summed E-state index contributed by atoms with van der Waals surface area (Å²) in [6.45, 7) is 6.79. The molecule has 1 aromatic carbocycles. The number of ether oxygens (including phenoxy) is 1. The molecule has 0 spiro atoms. The lowest BCUT2D eigenvalue weighted by atomic mass is 10.2. The summed E-state index contributed by atoms with van der Waals surface area (Å²) < 4.78 is 7.28. The van der Waals surface area contributed by atoms with Crippen molar-refractivity contribution in [1.29, 1.82) is 0 Å². The molecule has 112 valence electrons. The van der Waals surface area contributed by atoms with Gasteiger partial charge in [0.1, 0.15) is 12.4 Å². The Hall–Kier alpha value is -2.44. The number of hydrogen-bond donors (Lipinski definition) is 1. The molecule has 0 fully saturated rings. The molecule has 1 heterocycles. The number of aromatic nitrogens is 4. The van der Waals surface area contributed by atoms with Crippen LogP contribution in [0, 0.1) is 0 Å². The number of hydrogen-bond acceptors (Lipinski definition) is 5. The summed E-state index contributed by atoms with van der Waals surface area (Å²) in [5.41, 5.74) is 0.606. The lowest BCUT2D eigenvalue weighted by molar-refractivity contribution is 0.0943. The average Bonchev–Trinajstić information content (AvgIpc) is 2.92. The normalized spacial score (nSPS) is 10.7. The van der Waals surface area contributed by atoms with E-state index in [-0.39, 0.29) is 11.9 Å². The maximum absolute atomic E-state index is 11.8. The molecule has 1 N–H and O–H groups in total. The van der Waals surface area contributed by atoms with Gasteiger partial charge >= 0.3 is 0 Å². The lowest BCUT2D eigenvalue weighted by Crippen LogP contribution is -2.29. The number of nitrogens with zero attached hydrogens (tertiary/aromatic N) is 4. The fourth-order valence-electron chi connectivity index (χ4n) is 1.77. The third-order valence-corrected chi connectivity index (χ3v) is 2.81. The Morgan fingerprint density at radius 2 is 2.05 bits per heavy atom. The molecule has 0 aliphatic carbocycles. The van der Waals surface area contributed by atoms with Crippen LogP contribution in [0.3, 0.4) is 0 Å². The van der Waals surface area contributed by atoms with Gasteiger partial charge in [0.2, 0.25) is 0 Å². The molecule has 2 aromatic rings. The van der Waals surface area contributed by atoms with Gasteiger partial charge in [0, 0.05) is 18.2 Å². The molecule has 0 atom stereocenters. The zero-order valence-corrected chi connectivity index (χ0v) is 12.4. The quantitative estimate of drug-likeness (QED) is 0.869. The summed E-state index contributed by atoms with van der Waals surface area (Å²) in [5, 5.41) is 14.2. The molecule has 0 radical (unpaired) electrons. The molecule has 0 aliphatic rings. The van der Waals surface area contributed by atoms with Crippen molar-refractivity contribution in [2.45, 2.75) is 40.0 Å². The van der Waals surface area contributed by atoms with Crippen molar-refractivity contribution < 1.29 is 9.53 Å². The Morgan fingerprint density at radius 1 is 1.33 bits per heavy atom. The number of benzene rings is 1. The predicted octanol–water partition coefficient (Wildman–Crippen LogP) is 1.41. The Bertz CT molecular complexity index is 592. The van der Waals surface area contributed by atoms with Gasteiger partial charge < -0.3 is 10.1 Å². The van der Waals surface area contributed by atoms with Gasteiger partial charge in [-0.1, -0.05) is 0 Å². The standard InChI is InChI=1S/C14H19N5O2/c1-4-19-13(16-17-18-19)9-21-12-7-5-11(6-8-12)14(20)15-10(2)3/h5-8,10H,4,9H2,1-3H3,(H,15,20). The monoisotopic (exact) mass is 289 g/mol. The highest BCUT2D eigenvalue weighted by molar-refractivity contribution is 5.94. The van der Waals surface area contributed by atoms with Gasteiger partial charge in [-0.2, -0.15) is 0 Å². The van der Waals surface area contributed by atoms with Crippen LogP contribution in [0.4, 0.5) is 0 Å². The maximum atomic E-state index is 11.8. The van der Waals surface area contributed by atoms with E-state index in [9.17, 15) is 4.79 Å². The SMILES string of the molecule is CCn1nnnc1COc1ccc(C(=O)NC(C)C)cc1. The third-order valence-electron chi connectivity index (χ3n) is 2.81. The zero-order valence-electron chi connectivity index (χ0n) is 12.4. The van der Waals surface area contributed by atoms with E-state index in [1.165, 1.54) is 0 Å². The van der Waals surface area contributed by atoms with Crippen molar-refractivity contribution in [2.75, 3.05) is 0 Å².